The highest BCUT2D eigenvalue weighted by Crippen LogP contribution is 2.26. The lowest BCUT2D eigenvalue weighted by Gasteiger charge is -2.30. The first-order valence-corrected chi connectivity index (χ1v) is 10.7. The summed E-state index contributed by atoms with van der Waals surface area (Å²) in [6, 6.07) is 15.4. The van der Waals surface area contributed by atoms with E-state index < -0.39 is 10.0 Å². The van der Waals surface area contributed by atoms with Gasteiger partial charge in [-0.1, -0.05) is 24.3 Å². The van der Waals surface area contributed by atoms with E-state index in [9.17, 15) is 13.2 Å². The molecule has 144 valence electrons. The summed E-state index contributed by atoms with van der Waals surface area (Å²) in [4.78, 5) is 12.5. The molecule has 1 heterocycles. The maximum absolute atomic E-state index is 12.5. The molecule has 1 saturated heterocycles. The number of sulfonamides is 1. The Morgan fingerprint density at radius 1 is 1.15 bits per heavy atom. The number of nitrogens with zero attached hydrogens (tertiary/aromatic N) is 1. The van der Waals surface area contributed by atoms with Crippen LogP contribution in [-0.2, 0) is 14.8 Å². The molecule has 3 rings (SSSR count). The van der Waals surface area contributed by atoms with Gasteiger partial charge in [0.15, 0.2) is 0 Å². The molecule has 0 aromatic heterocycles. The number of carbonyl (C=O) groups excluding carboxylic acids is 1. The molecule has 1 fully saturated rings. The second kappa shape index (κ2) is 8.10. The summed E-state index contributed by atoms with van der Waals surface area (Å²) in [5.41, 5.74) is 2.75. The highest BCUT2D eigenvalue weighted by atomic mass is 32.2. The molecule has 1 atom stereocenters. The molecule has 1 amide bonds. The lowest BCUT2D eigenvalue weighted by Crippen LogP contribution is -2.43. The van der Waals surface area contributed by atoms with Crippen molar-refractivity contribution in [2.45, 2.75) is 12.8 Å². The van der Waals surface area contributed by atoms with Gasteiger partial charge in [0.25, 0.3) is 0 Å². The molecule has 2 aromatic rings. The number of amides is 1. The fraction of sp³-hybridized carbons (Fsp3) is 0.350. The first kappa shape index (κ1) is 19.4. The van der Waals surface area contributed by atoms with Crippen molar-refractivity contribution in [3.8, 4) is 16.9 Å². The van der Waals surface area contributed by atoms with Crippen LogP contribution in [0.15, 0.2) is 48.5 Å². The summed E-state index contributed by atoms with van der Waals surface area (Å²) >= 11 is 0. The molecular weight excluding hydrogens is 364 g/mol. The number of nitrogens with one attached hydrogen (secondary N) is 1. The minimum atomic E-state index is -3.26. The number of ether oxygens (including phenoxy) is 1. The lowest BCUT2D eigenvalue weighted by atomic mass is 9.98. The molecule has 1 N–H and O–H groups in total. The van der Waals surface area contributed by atoms with Gasteiger partial charge in [-0.2, -0.15) is 0 Å². The molecule has 6 nitrogen and oxygen atoms in total. The van der Waals surface area contributed by atoms with Crippen molar-refractivity contribution in [2.75, 3.05) is 31.8 Å². The Labute approximate surface area is 160 Å². The average molecular weight is 388 g/mol. The third kappa shape index (κ3) is 4.87. The molecule has 1 aliphatic rings. The Morgan fingerprint density at radius 3 is 2.56 bits per heavy atom. The van der Waals surface area contributed by atoms with Gasteiger partial charge in [-0.15, -0.1) is 0 Å². The second-order valence-electron chi connectivity index (χ2n) is 6.76. The summed E-state index contributed by atoms with van der Waals surface area (Å²) in [6.07, 6.45) is 2.57. The number of benzene rings is 2. The lowest BCUT2D eigenvalue weighted by molar-refractivity contribution is -0.120. The van der Waals surface area contributed by atoms with E-state index in [-0.39, 0.29) is 18.4 Å². The van der Waals surface area contributed by atoms with Crippen molar-refractivity contribution in [3.63, 3.8) is 0 Å². The standard InChI is InChI=1S/C20H24N2O4S/c1-26-19-7-3-5-16(13-19)15-8-10-18(11-9-15)21-20(23)17-6-4-12-22(14-17)27(2,24)25/h3,5,7-11,13,17H,4,6,12,14H2,1-2H3,(H,21,23)/t17-/m1/s1. The van der Waals surface area contributed by atoms with Gasteiger partial charge < -0.3 is 10.1 Å². The Hall–Kier alpha value is -2.38. The maximum Gasteiger partial charge on any atom is 0.228 e. The van der Waals surface area contributed by atoms with Crippen LogP contribution in [0.5, 0.6) is 5.75 Å². The van der Waals surface area contributed by atoms with Gasteiger partial charge in [0.05, 0.1) is 19.3 Å². The monoisotopic (exact) mass is 388 g/mol. The van der Waals surface area contributed by atoms with Crippen molar-refractivity contribution in [2.24, 2.45) is 5.92 Å². The topological polar surface area (TPSA) is 75.7 Å². The highest BCUT2D eigenvalue weighted by molar-refractivity contribution is 7.88. The van der Waals surface area contributed by atoms with Gasteiger partial charge in [0.2, 0.25) is 15.9 Å². The smallest absolute Gasteiger partial charge is 0.228 e. The highest BCUT2D eigenvalue weighted by Gasteiger charge is 2.30. The zero-order chi connectivity index (χ0) is 19.4. The number of hydrogen-bond donors (Lipinski definition) is 1. The van der Waals surface area contributed by atoms with Crippen LogP contribution < -0.4 is 10.1 Å². The molecule has 1 aliphatic heterocycles. The van der Waals surface area contributed by atoms with E-state index >= 15 is 0 Å². The van der Waals surface area contributed by atoms with Crippen LogP contribution in [0.1, 0.15) is 12.8 Å². The third-order valence-corrected chi connectivity index (χ3v) is 6.05. The van der Waals surface area contributed by atoms with Gasteiger partial charge in [-0.3, -0.25) is 4.79 Å². The van der Waals surface area contributed by atoms with E-state index in [1.165, 1.54) is 10.6 Å². The molecule has 0 unspecified atom stereocenters. The van der Waals surface area contributed by atoms with Crippen molar-refractivity contribution in [3.05, 3.63) is 48.5 Å². The van der Waals surface area contributed by atoms with Gasteiger partial charge in [0.1, 0.15) is 5.75 Å². The summed E-state index contributed by atoms with van der Waals surface area (Å²) in [6.45, 7) is 0.727. The number of rotatable bonds is 5. The summed E-state index contributed by atoms with van der Waals surface area (Å²) in [5.74, 6) is 0.321. The van der Waals surface area contributed by atoms with Gasteiger partial charge in [-0.05, 0) is 48.2 Å². The molecule has 0 aliphatic carbocycles. The van der Waals surface area contributed by atoms with Crippen LogP contribution in [0.3, 0.4) is 0 Å². The number of methoxy groups -OCH3 is 1. The fourth-order valence-electron chi connectivity index (χ4n) is 3.25. The minimum absolute atomic E-state index is 0.141. The van der Waals surface area contributed by atoms with Crippen LogP contribution in [0.4, 0.5) is 5.69 Å². The summed E-state index contributed by atoms with van der Waals surface area (Å²) < 4.78 is 30.1. The van der Waals surface area contributed by atoms with Crippen LogP contribution in [0.2, 0.25) is 0 Å². The van der Waals surface area contributed by atoms with Crippen LogP contribution >= 0.6 is 0 Å². The van der Waals surface area contributed by atoms with Gasteiger partial charge >= 0.3 is 0 Å². The van der Waals surface area contributed by atoms with Crippen molar-refractivity contribution in [1.82, 2.24) is 4.31 Å². The molecule has 7 heteroatoms. The van der Waals surface area contributed by atoms with E-state index in [0.717, 1.165) is 16.9 Å². The van der Waals surface area contributed by atoms with Crippen LogP contribution in [-0.4, -0.2) is 45.1 Å². The zero-order valence-electron chi connectivity index (χ0n) is 15.5. The first-order chi connectivity index (χ1) is 12.9. The summed E-state index contributed by atoms with van der Waals surface area (Å²) in [5, 5.41) is 2.90. The Bertz CT molecular complexity index is 910. The Morgan fingerprint density at radius 2 is 1.89 bits per heavy atom. The molecule has 27 heavy (non-hydrogen) atoms. The van der Waals surface area contributed by atoms with Crippen molar-refractivity contribution >= 4 is 21.6 Å². The fourth-order valence-corrected chi connectivity index (χ4v) is 4.16. The number of anilines is 1. The minimum Gasteiger partial charge on any atom is -0.497 e. The molecule has 0 saturated carbocycles. The van der Waals surface area contributed by atoms with Gasteiger partial charge in [0, 0.05) is 18.8 Å². The largest absolute Gasteiger partial charge is 0.497 e. The van der Waals surface area contributed by atoms with E-state index in [4.69, 9.17) is 4.74 Å². The molecule has 2 aromatic carbocycles. The van der Waals surface area contributed by atoms with Crippen molar-refractivity contribution < 1.29 is 17.9 Å². The maximum atomic E-state index is 12.5. The molecule has 0 radical (unpaired) electrons. The first-order valence-electron chi connectivity index (χ1n) is 8.87. The number of carbonyl (C=O) groups is 1. The van der Waals surface area contributed by atoms with Crippen molar-refractivity contribution in [1.29, 1.82) is 0 Å². The zero-order valence-corrected chi connectivity index (χ0v) is 16.3. The predicted molar refractivity (Wildman–Crippen MR) is 106 cm³/mol. The molecule has 0 bridgehead atoms. The average Bonchev–Trinajstić information content (AvgIpc) is 2.68. The van der Waals surface area contributed by atoms with E-state index in [0.29, 0.717) is 25.1 Å². The Kier molecular flexibility index (Phi) is 5.82. The summed E-state index contributed by atoms with van der Waals surface area (Å²) in [7, 11) is -1.63. The molecule has 0 spiro atoms. The predicted octanol–water partition coefficient (Wildman–Crippen LogP) is 2.97. The van der Waals surface area contributed by atoms with Crippen LogP contribution in [0.25, 0.3) is 11.1 Å². The Balaban J connectivity index is 1.66. The van der Waals surface area contributed by atoms with Crippen LogP contribution in [0, 0.1) is 5.92 Å². The second-order valence-corrected chi connectivity index (χ2v) is 8.74. The SMILES string of the molecule is COc1cccc(-c2ccc(NC(=O)[C@@H]3CCCN(S(C)(=O)=O)C3)cc2)c1. The number of piperidine rings is 1. The van der Waals surface area contributed by atoms with E-state index in [2.05, 4.69) is 5.32 Å². The van der Waals surface area contributed by atoms with E-state index in [1.807, 2.05) is 48.5 Å². The van der Waals surface area contributed by atoms with E-state index in [1.54, 1.807) is 7.11 Å². The molecular formula is C20H24N2O4S. The number of hydrogen-bond acceptors (Lipinski definition) is 4. The normalized spacial score (nSPS) is 18.1. The third-order valence-electron chi connectivity index (χ3n) is 4.78. The quantitative estimate of drug-likeness (QED) is 0.854. The van der Waals surface area contributed by atoms with Gasteiger partial charge in [-0.25, -0.2) is 12.7 Å².